The first-order chi connectivity index (χ1) is 17.5. The molecule has 0 spiro atoms. The molecule has 3 aromatic rings. The smallest absolute Gasteiger partial charge is 0.356 e. The van der Waals surface area contributed by atoms with Crippen LogP contribution in [0.25, 0.3) is 10.9 Å². The zero-order valence-electron chi connectivity index (χ0n) is 20.5. The number of carbonyl (C=O) groups is 2. The van der Waals surface area contributed by atoms with E-state index in [1.54, 1.807) is 26.2 Å². The summed E-state index contributed by atoms with van der Waals surface area (Å²) in [5, 5.41) is 3.63. The Bertz CT molecular complexity index is 1260. The van der Waals surface area contributed by atoms with Crippen molar-refractivity contribution >= 4 is 28.5 Å². The average molecular weight is 495 g/mol. The summed E-state index contributed by atoms with van der Waals surface area (Å²) in [4.78, 5) is 33.1. The summed E-state index contributed by atoms with van der Waals surface area (Å²) in [6.07, 6.45) is 0. The summed E-state index contributed by atoms with van der Waals surface area (Å²) in [6, 6.07) is 11.4. The molecule has 2 N–H and O–H groups in total. The van der Waals surface area contributed by atoms with Gasteiger partial charge >= 0.3 is 5.97 Å². The molecule has 1 fully saturated rings. The predicted octanol–water partition coefficient (Wildman–Crippen LogP) is 2.84. The number of benzene rings is 2. The highest BCUT2D eigenvalue weighted by Crippen LogP contribution is 2.33. The molecule has 1 amide bonds. The van der Waals surface area contributed by atoms with E-state index in [2.05, 4.69) is 26.2 Å². The highest BCUT2D eigenvalue weighted by molar-refractivity contribution is 6.11. The number of rotatable bonds is 8. The van der Waals surface area contributed by atoms with E-state index in [0.717, 1.165) is 44.2 Å². The second kappa shape index (κ2) is 10.5. The van der Waals surface area contributed by atoms with E-state index in [9.17, 15) is 9.59 Å². The van der Waals surface area contributed by atoms with Crippen LogP contribution in [0.3, 0.4) is 0 Å². The molecule has 2 aliphatic rings. The lowest BCUT2D eigenvalue weighted by molar-refractivity contribution is -0.117. The van der Waals surface area contributed by atoms with Gasteiger partial charge in [-0.25, -0.2) is 4.79 Å². The first kappa shape index (κ1) is 24.0. The summed E-state index contributed by atoms with van der Waals surface area (Å²) in [5.41, 5.74) is 2.52. The maximum absolute atomic E-state index is 13.0. The number of hydrogen-bond donors (Lipinski definition) is 2. The zero-order valence-corrected chi connectivity index (χ0v) is 20.5. The van der Waals surface area contributed by atoms with E-state index in [1.165, 1.54) is 5.56 Å². The summed E-state index contributed by atoms with van der Waals surface area (Å²) in [6.45, 7) is 6.53. The monoisotopic (exact) mass is 494 g/mol. The van der Waals surface area contributed by atoms with Gasteiger partial charge in [-0.15, -0.1) is 0 Å². The van der Waals surface area contributed by atoms with Crippen LogP contribution in [-0.4, -0.2) is 79.9 Å². The second-order valence-electron chi connectivity index (χ2n) is 8.80. The largest absolute Gasteiger partial charge is 0.497 e. The van der Waals surface area contributed by atoms with E-state index < -0.39 is 5.97 Å². The fraction of sp³-hybridized carbons (Fsp3) is 0.385. The number of anilines is 1. The third-order valence-corrected chi connectivity index (χ3v) is 6.43. The molecule has 36 heavy (non-hydrogen) atoms. The Kier molecular flexibility index (Phi) is 6.97. The number of nitrogens with one attached hydrogen (secondary N) is 2. The molecular formula is C26H30N4O6. The zero-order chi connectivity index (χ0) is 25.1. The van der Waals surface area contributed by atoms with Crippen molar-refractivity contribution in [2.75, 3.05) is 58.6 Å². The molecular weight excluding hydrogens is 464 g/mol. The summed E-state index contributed by atoms with van der Waals surface area (Å²) >= 11 is 0. The van der Waals surface area contributed by atoms with Crippen molar-refractivity contribution in [1.29, 1.82) is 0 Å². The van der Waals surface area contributed by atoms with Crippen LogP contribution in [-0.2, 0) is 16.1 Å². The topological polar surface area (TPSA) is 105 Å². The van der Waals surface area contributed by atoms with E-state index in [4.69, 9.17) is 18.9 Å². The molecule has 3 heterocycles. The van der Waals surface area contributed by atoms with Crippen LogP contribution in [0, 0.1) is 0 Å². The minimum Gasteiger partial charge on any atom is -0.497 e. The number of carbonyl (C=O) groups excluding carboxylic acids is 2. The van der Waals surface area contributed by atoms with E-state index in [0.29, 0.717) is 22.3 Å². The molecule has 0 bridgehead atoms. The first-order valence-electron chi connectivity index (χ1n) is 12.0. The molecule has 1 saturated heterocycles. The van der Waals surface area contributed by atoms with Crippen LogP contribution >= 0.6 is 0 Å². The molecule has 0 radical (unpaired) electrons. The number of fused-ring (bicyclic) bond motifs is 2. The summed E-state index contributed by atoms with van der Waals surface area (Å²) < 4.78 is 21.4. The minimum atomic E-state index is -0.514. The number of aromatic amines is 1. The van der Waals surface area contributed by atoms with Crippen molar-refractivity contribution < 1.29 is 28.5 Å². The van der Waals surface area contributed by atoms with Crippen molar-refractivity contribution in [2.45, 2.75) is 13.5 Å². The molecule has 0 atom stereocenters. The van der Waals surface area contributed by atoms with Gasteiger partial charge in [0.25, 0.3) is 0 Å². The minimum absolute atomic E-state index is 0.187. The number of aromatic nitrogens is 1. The number of amides is 1. The predicted molar refractivity (Wildman–Crippen MR) is 134 cm³/mol. The van der Waals surface area contributed by atoms with Crippen molar-refractivity contribution in [1.82, 2.24) is 14.8 Å². The van der Waals surface area contributed by atoms with Crippen molar-refractivity contribution in [3.8, 4) is 17.2 Å². The van der Waals surface area contributed by atoms with Gasteiger partial charge in [-0.05, 0) is 42.8 Å². The molecule has 0 unspecified atom stereocenters. The Labute approximate surface area is 209 Å². The molecule has 0 saturated carbocycles. The highest BCUT2D eigenvalue weighted by atomic mass is 16.7. The third kappa shape index (κ3) is 5.09. The van der Waals surface area contributed by atoms with Crippen LogP contribution < -0.4 is 19.5 Å². The Morgan fingerprint density at radius 2 is 1.81 bits per heavy atom. The quantitative estimate of drug-likeness (QED) is 0.461. The molecule has 1 aromatic heterocycles. The normalized spacial score (nSPS) is 15.7. The van der Waals surface area contributed by atoms with Crippen LogP contribution in [0.2, 0.25) is 0 Å². The molecule has 2 aromatic carbocycles. The lowest BCUT2D eigenvalue weighted by Gasteiger charge is -2.34. The van der Waals surface area contributed by atoms with E-state index >= 15 is 0 Å². The molecule has 190 valence electrons. The van der Waals surface area contributed by atoms with Crippen LogP contribution in [0.5, 0.6) is 17.2 Å². The van der Waals surface area contributed by atoms with Crippen molar-refractivity contribution in [2.24, 2.45) is 0 Å². The van der Waals surface area contributed by atoms with Gasteiger partial charge in [-0.3, -0.25) is 14.6 Å². The van der Waals surface area contributed by atoms with Gasteiger partial charge in [0.2, 0.25) is 12.7 Å². The fourth-order valence-corrected chi connectivity index (χ4v) is 4.57. The van der Waals surface area contributed by atoms with Gasteiger partial charge in [-0.2, -0.15) is 0 Å². The van der Waals surface area contributed by atoms with Gasteiger partial charge in [0.05, 0.1) is 25.9 Å². The van der Waals surface area contributed by atoms with Crippen LogP contribution in [0.15, 0.2) is 36.4 Å². The average Bonchev–Trinajstić information content (AvgIpc) is 3.49. The first-order valence-corrected chi connectivity index (χ1v) is 12.0. The molecule has 10 heteroatoms. The van der Waals surface area contributed by atoms with E-state index in [1.807, 2.05) is 18.2 Å². The number of methoxy groups -OCH3 is 1. The number of nitrogens with zero attached hydrogens (tertiary/aromatic N) is 2. The van der Waals surface area contributed by atoms with Gasteiger partial charge in [0.1, 0.15) is 11.4 Å². The number of H-pyrrole nitrogens is 1. The fourth-order valence-electron chi connectivity index (χ4n) is 4.57. The van der Waals surface area contributed by atoms with Gasteiger partial charge in [0.15, 0.2) is 11.5 Å². The van der Waals surface area contributed by atoms with Gasteiger partial charge in [0, 0.05) is 43.6 Å². The Morgan fingerprint density at radius 3 is 2.58 bits per heavy atom. The highest BCUT2D eigenvalue weighted by Gasteiger charge is 2.24. The second-order valence-corrected chi connectivity index (χ2v) is 8.80. The van der Waals surface area contributed by atoms with Gasteiger partial charge < -0.3 is 29.2 Å². The Balaban J connectivity index is 1.20. The van der Waals surface area contributed by atoms with Crippen LogP contribution in [0.1, 0.15) is 23.0 Å². The number of ether oxygens (including phenoxy) is 4. The van der Waals surface area contributed by atoms with Gasteiger partial charge in [-0.1, -0.05) is 6.07 Å². The Hall–Kier alpha value is -3.76. The standard InChI is InChI=1S/C26H30N4O6/c1-3-34-26(32)25-24(19-13-18(33-2)5-6-20(19)27-25)28-23(31)15-30-10-8-29(9-11-30)14-17-4-7-21-22(12-17)36-16-35-21/h4-7,12-13,27H,3,8-11,14-16H2,1-2H3,(H,28,31). The third-order valence-electron chi connectivity index (χ3n) is 6.43. The maximum Gasteiger partial charge on any atom is 0.356 e. The lowest BCUT2D eigenvalue weighted by Crippen LogP contribution is -2.48. The Morgan fingerprint density at radius 1 is 1.03 bits per heavy atom. The number of piperazine rings is 1. The van der Waals surface area contributed by atoms with Crippen molar-refractivity contribution in [3.05, 3.63) is 47.7 Å². The summed E-state index contributed by atoms with van der Waals surface area (Å²) in [7, 11) is 1.57. The molecule has 5 rings (SSSR count). The van der Waals surface area contributed by atoms with E-state index in [-0.39, 0.29) is 31.5 Å². The SMILES string of the molecule is CCOC(=O)c1[nH]c2ccc(OC)cc2c1NC(=O)CN1CCN(Cc2ccc3c(c2)OCO3)CC1. The molecule has 0 aliphatic carbocycles. The molecule has 2 aliphatic heterocycles. The lowest BCUT2D eigenvalue weighted by atomic mass is 10.1. The van der Waals surface area contributed by atoms with Crippen LogP contribution in [0.4, 0.5) is 5.69 Å². The number of hydrogen-bond acceptors (Lipinski definition) is 8. The van der Waals surface area contributed by atoms with Crippen molar-refractivity contribution in [3.63, 3.8) is 0 Å². The number of esters is 1. The molecule has 10 nitrogen and oxygen atoms in total. The maximum atomic E-state index is 13.0. The summed E-state index contributed by atoms with van der Waals surface area (Å²) in [5.74, 6) is 1.51.